The molecule has 0 saturated heterocycles. The van der Waals surface area contributed by atoms with E-state index in [9.17, 15) is 0 Å². The van der Waals surface area contributed by atoms with Crippen LogP contribution in [0.5, 0.6) is 0 Å². The second-order valence-electron chi connectivity index (χ2n) is 6.19. The minimum absolute atomic E-state index is 0.578. The average molecular weight is 291 g/mol. The summed E-state index contributed by atoms with van der Waals surface area (Å²) in [4.78, 5) is 14.2. The van der Waals surface area contributed by atoms with Crippen molar-refractivity contribution < 1.29 is 0 Å². The van der Waals surface area contributed by atoms with Gasteiger partial charge in [-0.2, -0.15) is 0 Å². The van der Waals surface area contributed by atoms with Crippen LogP contribution in [0.1, 0.15) is 43.5 Å². The Kier molecular flexibility index (Phi) is 5.39. The fraction of sp³-hybridized carbons (Fsp3) is 0.750. The first-order valence-electron chi connectivity index (χ1n) is 8.02. The second-order valence-corrected chi connectivity index (χ2v) is 6.19. The molecular weight excluding hydrogens is 262 g/mol. The summed E-state index contributed by atoms with van der Waals surface area (Å²) in [5.74, 6) is 3.69. The van der Waals surface area contributed by atoms with Gasteiger partial charge in [0.25, 0.3) is 0 Å². The molecule has 1 aromatic rings. The highest BCUT2D eigenvalue weighted by Crippen LogP contribution is 2.40. The first-order chi connectivity index (χ1) is 10.1. The van der Waals surface area contributed by atoms with Gasteiger partial charge in [-0.15, -0.1) is 0 Å². The monoisotopic (exact) mass is 291 g/mol. The predicted molar refractivity (Wildman–Crippen MR) is 89.3 cm³/mol. The zero-order valence-electron chi connectivity index (χ0n) is 14.1. The van der Waals surface area contributed by atoms with E-state index in [0.29, 0.717) is 5.92 Å². The van der Waals surface area contributed by atoms with Crippen molar-refractivity contribution in [1.29, 1.82) is 0 Å². The summed E-state index contributed by atoms with van der Waals surface area (Å²) in [7, 11) is 6.18. The van der Waals surface area contributed by atoms with Gasteiger partial charge in [-0.1, -0.05) is 6.92 Å². The van der Waals surface area contributed by atoms with E-state index in [4.69, 9.17) is 9.97 Å². The van der Waals surface area contributed by atoms with Crippen LogP contribution in [-0.4, -0.2) is 55.6 Å². The van der Waals surface area contributed by atoms with Gasteiger partial charge >= 0.3 is 0 Å². The van der Waals surface area contributed by atoms with Crippen molar-refractivity contribution in [1.82, 2.24) is 14.9 Å². The number of nitrogens with one attached hydrogen (secondary N) is 1. The Hall–Kier alpha value is -1.36. The van der Waals surface area contributed by atoms with Crippen molar-refractivity contribution in [3.05, 3.63) is 11.4 Å². The van der Waals surface area contributed by atoms with Crippen LogP contribution >= 0.6 is 0 Å². The molecule has 118 valence electrons. The lowest BCUT2D eigenvalue weighted by Gasteiger charge is -2.27. The van der Waals surface area contributed by atoms with Crippen LogP contribution in [0.2, 0.25) is 0 Å². The van der Waals surface area contributed by atoms with Gasteiger partial charge in [-0.25, -0.2) is 9.97 Å². The van der Waals surface area contributed by atoms with Crippen molar-refractivity contribution in [2.75, 3.05) is 51.0 Å². The fourth-order valence-corrected chi connectivity index (χ4v) is 2.51. The smallest absolute Gasteiger partial charge is 0.137 e. The van der Waals surface area contributed by atoms with Crippen LogP contribution < -0.4 is 10.2 Å². The number of anilines is 2. The molecule has 0 bridgehead atoms. The first-order valence-corrected chi connectivity index (χ1v) is 8.02. The van der Waals surface area contributed by atoms with E-state index in [2.05, 4.69) is 43.1 Å². The van der Waals surface area contributed by atoms with Gasteiger partial charge in [-0.05, 0) is 40.3 Å². The molecule has 0 atom stereocenters. The highest BCUT2D eigenvalue weighted by molar-refractivity contribution is 5.58. The lowest BCUT2D eigenvalue weighted by Crippen LogP contribution is -2.34. The maximum atomic E-state index is 4.90. The summed E-state index contributed by atoms with van der Waals surface area (Å²) in [6.07, 6.45) is 3.60. The van der Waals surface area contributed by atoms with E-state index >= 15 is 0 Å². The van der Waals surface area contributed by atoms with Crippen LogP contribution in [0, 0.1) is 6.92 Å². The van der Waals surface area contributed by atoms with Gasteiger partial charge in [0.1, 0.15) is 17.5 Å². The molecule has 2 rings (SSSR count). The lowest BCUT2D eigenvalue weighted by molar-refractivity contribution is 0.412. The third kappa shape index (κ3) is 4.06. The molecule has 1 aliphatic rings. The van der Waals surface area contributed by atoms with Crippen LogP contribution in [0.3, 0.4) is 0 Å². The zero-order valence-corrected chi connectivity index (χ0v) is 14.1. The van der Waals surface area contributed by atoms with Crippen molar-refractivity contribution in [2.24, 2.45) is 0 Å². The van der Waals surface area contributed by atoms with Gasteiger partial charge in [-0.3, -0.25) is 0 Å². The molecule has 0 unspecified atom stereocenters. The molecule has 0 aliphatic heterocycles. The number of hydrogen-bond acceptors (Lipinski definition) is 5. The number of aromatic nitrogens is 2. The molecule has 0 spiro atoms. The van der Waals surface area contributed by atoms with Gasteiger partial charge in [0.15, 0.2) is 0 Å². The Balaban J connectivity index is 2.30. The SMILES string of the molecule is CCCN(CCN(C)C)c1nc(C2CC2)nc(NC)c1C. The topological polar surface area (TPSA) is 44.3 Å². The van der Waals surface area contributed by atoms with E-state index in [1.54, 1.807) is 0 Å². The molecule has 1 fully saturated rings. The number of hydrogen-bond donors (Lipinski definition) is 1. The van der Waals surface area contributed by atoms with Crippen LogP contribution in [0.15, 0.2) is 0 Å². The van der Waals surface area contributed by atoms with E-state index in [1.807, 2.05) is 7.05 Å². The fourth-order valence-electron chi connectivity index (χ4n) is 2.51. The summed E-state index contributed by atoms with van der Waals surface area (Å²) < 4.78 is 0. The molecule has 0 radical (unpaired) electrons. The maximum Gasteiger partial charge on any atom is 0.137 e. The highest BCUT2D eigenvalue weighted by Gasteiger charge is 2.29. The van der Waals surface area contributed by atoms with Crippen LogP contribution in [0.25, 0.3) is 0 Å². The molecule has 1 aromatic heterocycles. The molecule has 1 heterocycles. The average Bonchev–Trinajstić information content (AvgIpc) is 3.28. The number of rotatable bonds is 8. The molecule has 0 aromatic carbocycles. The van der Waals surface area contributed by atoms with Gasteiger partial charge < -0.3 is 15.1 Å². The second kappa shape index (κ2) is 7.07. The quantitative estimate of drug-likeness (QED) is 0.797. The third-order valence-electron chi connectivity index (χ3n) is 3.93. The van der Waals surface area contributed by atoms with E-state index in [-0.39, 0.29) is 0 Å². The van der Waals surface area contributed by atoms with E-state index in [0.717, 1.165) is 49.1 Å². The zero-order chi connectivity index (χ0) is 15.4. The van der Waals surface area contributed by atoms with E-state index in [1.165, 1.54) is 12.8 Å². The highest BCUT2D eigenvalue weighted by atomic mass is 15.2. The van der Waals surface area contributed by atoms with Crippen molar-refractivity contribution in [3.8, 4) is 0 Å². The number of likely N-dealkylation sites (N-methyl/N-ethyl adjacent to an activating group) is 1. The lowest BCUT2D eigenvalue weighted by atomic mass is 10.2. The van der Waals surface area contributed by atoms with Gasteiger partial charge in [0, 0.05) is 38.2 Å². The third-order valence-corrected chi connectivity index (χ3v) is 3.93. The maximum absolute atomic E-state index is 4.90. The molecule has 1 saturated carbocycles. The standard InChI is InChI=1S/C16H29N5/c1-6-9-21(11-10-20(4)5)16-12(2)14(17-3)18-15(19-16)13-7-8-13/h13H,6-11H2,1-5H3,(H,17,18,19). The summed E-state index contributed by atoms with van der Waals surface area (Å²) in [5.41, 5.74) is 1.16. The van der Waals surface area contributed by atoms with Crippen LogP contribution in [-0.2, 0) is 0 Å². The Labute approximate surface area is 128 Å². The van der Waals surface area contributed by atoms with Crippen molar-refractivity contribution in [3.63, 3.8) is 0 Å². The summed E-state index contributed by atoms with van der Waals surface area (Å²) in [6.45, 7) is 7.43. The molecule has 0 amide bonds. The Morgan fingerprint density at radius 3 is 2.38 bits per heavy atom. The summed E-state index contributed by atoms with van der Waals surface area (Å²) >= 11 is 0. The molecule has 5 nitrogen and oxygen atoms in total. The summed E-state index contributed by atoms with van der Waals surface area (Å²) in [6, 6.07) is 0. The molecule has 1 N–H and O–H groups in total. The minimum Gasteiger partial charge on any atom is -0.373 e. The minimum atomic E-state index is 0.578. The Bertz CT molecular complexity index is 468. The molecule has 21 heavy (non-hydrogen) atoms. The van der Waals surface area contributed by atoms with Crippen molar-refractivity contribution in [2.45, 2.75) is 39.0 Å². The largest absolute Gasteiger partial charge is 0.373 e. The Morgan fingerprint density at radius 2 is 1.86 bits per heavy atom. The molecular formula is C16H29N5. The predicted octanol–water partition coefficient (Wildman–Crippen LogP) is 2.48. The van der Waals surface area contributed by atoms with Gasteiger partial charge in [0.2, 0.25) is 0 Å². The van der Waals surface area contributed by atoms with Gasteiger partial charge in [0.05, 0.1) is 0 Å². The number of nitrogens with zero attached hydrogens (tertiary/aromatic N) is 4. The van der Waals surface area contributed by atoms with E-state index < -0.39 is 0 Å². The van der Waals surface area contributed by atoms with Crippen LogP contribution in [0.4, 0.5) is 11.6 Å². The molecule has 5 heteroatoms. The normalized spacial score (nSPS) is 14.6. The summed E-state index contributed by atoms with van der Waals surface area (Å²) in [5, 5.41) is 3.23. The van der Waals surface area contributed by atoms with Crippen molar-refractivity contribution >= 4 is 11.6 Å². The Morgan fingerprint density at radius 1 is 1.14 bits per heavy atom. The first kappa shape index (κ1) is 16.0. The molecule has 1 aliphatic carbocycles.